The van der Waals surface area contributed by atoms with Gasteiger partial charge in [0, 0.05) is 37.7 Å². The molecule has 1 aliphatic heterocycles. The molecule has 6 nitrogen and oxygen atoms in total. The molecule has 0 saturated carbocycles. The molecule has 154 valence electrons. The van der Waals surface area contributed by atoms with E-state index in [9.17, 15) is 14.0 Å². The highest BCUT2D eigenvalue weighted by Gasteiger charge is 2.29. The molecule has 0 aliphatic carbocycles. The van der Waals surface area contributed by atoms with E-state index in [0.717, 1.165) is 5.82 Å². The lowest BCUT2D eigenvalue weighted by molar-refractivity contribution is 0.0532. The maximum absolute atomic E-state index is 13.4. The van der Waals surface area contributed by atoms with Gasteiger partial charge in [-0.1, -0.05) is 19.9 Å². The van der Waals surface area contributed by atoms with Crippen LogP contribution in [-0.2, 0) is 0 Å². The summed E-state index contributed by atoms with van der Waals surface area (Å²) < 4.78 is 13.4. The van der Waals surface area contributed by atoms with E-state index >= 15 is 0 Å². The lowest BCUT2D eigenvalue weighted by Crippen LogP contribution is -2.50. The van der Waals surface area contributed by atoms with Gasteiger partial charge in [-0.05, 0) is 31.4 Å². The van der Waals surface area contributed by atoms with Gasteiger partial charge < -0.3 is 9.80 Å². The van der Waals surface area contributed by atoms with Crippen LogP contribution in [0.25, 0.3) is 0 Å². The number of benzene rings is 1. The molecule has 0 bridgehead atoms. The summed E-state index contributed by atoms with van der Waals surface area (Å²) in [7, 11) is 0. The van der Waals surface area contributed by atoms with Crippen LogP contribution in [-0.4, -0.2) is 64.0 Å². The lowest BCUT2D eigenvalue weighted by Gasteiger charge is -2.35. The molecular formula is C21H25FN4O2S. The Bertz CT molecular complexity index is 927. The molecule has 1 fully saturated rings. The number of hydrogen-bond donors (Lipinski definition) is 0. The maximum atomic E-state index is 13.4. The number of rotatable bonds is 4. The number of carbonyl (C=O) groups is 2. The van der Waals surface area contributed by atoms with Crippen molar-refractivity contribution in [2.45, 2.75) is 31.7 Å². The normalized spacial score (nSPS) is 14.4. The van der Waals surface area contributed by atoms with E-state index in [4.69, 9.17) is 0 Å². The third-order valence-corrected chi connectivity index (χ3v) is 5.61. The van der Waals surface area contributed by atoms with Gasteiger partial charge in [0.1, 0.15) is 16.7 Å². The number of amides is 2. The first-order valence-corrected chi connectivity index (χ1v) is 10.8. The first kappa shape index (κ1) is 21.2. The average molecular weight is 417 g/mol. The Hall–Kier alpha value is -2.48. The van der Waals surface area contributed by atoms with Crippen LogP contribution in [0.1, 0.15) is 52.0 Å². The van der Waals surface area contributed by atoms with Crippen LogP contribution in [0.15, 0.2) is 29.3 Å². The van der Waals surface area contributed by atoms with Crippen molar-refractivity contribution in [2.75, 3.05) is 32.4 Å². The smallest absolute Gasteiger partial charge is 0.258 e. The maximum Gasteiger partial charge on any atom is 0.258 e. The zero-order valence-corrected chi connectivity index (χ0v) is 17.9. The van der Waals surface area contributed by atoms with Crippen molar-refractivity contribution >= 4 is 23.6 Å². The van der Waals surface area contributed by atoms with Crippen LogP contribution < -0.4 is 0 Å². The minimum absolute atomic E-state index is 0.111. The van der Waals surface area contributed by atoms with Crippen LogP contribution in [0.4, 0.5) is 4.39 Å². The summed E-state index contributed by atoms with van der Waals surface area (Å²) in [6, 6.07) is 5.67. The Labute approximate surface area is 174 Å². The van der Waals surface area contributed by atoms with Gasteiger partial charge in [-0.2, -0.15) is 0 Å². The molecule has 0 atom stereocenters. The minimum atomic E-state index is -0.436. The molecule has 0 N–H and O–H groups in total. The summed E-state index contributed by atoms with van der Waals surface area (Å²) in [6.45, 7) is 7.52. The van der Waals surface area contributed by atoms with Gasteiger partial charge in [0.05, 0.1) is 11.3 Å². The van der Waals surface area contributed by atoms with E-state index in [1.807, 2.05) is 27.0 Å². The van der Waals surface area contributed by atoms with E-state index in [1.54, 1.807) is 15.9 Å². The molecular weight excluding hydrogens is 391 g/mol. The summed E-state index contributed by atoms with van der Waals surface area (Å²) in [5.74, 6) is 0.145. The zero-order valence-electron chi connectivity index (χ0n) is 17.1. The van der Waals surface area contributed by atoms with Gasteiger partial charge >= 0.3 is 0 Å². The molecule has 1 aromatic carbocycles. The highest BCUT2D eigenvalue weighted by atomic mass is 32.2. The summed E-state index contributed by atoms with van der Waals surface area (Å²) >= 11 is 1.44. The van der Waals surface area contributed by atoms with Crippen molar-refractivity contribution in [3.63, 3.8) is 0 Å². The SMILES string of the molecule is CSc1nc(C(C)C)nc(C)c1C(=O)N1CCN(C(=O)c2cccc(F)c2)CC1. The average Bonchev–Trinajstić information content (AvgIpc) is 2.72. The number of nitrogens with zero attached hydrogens (tertiary/aromatic N) is 4. The monoisotopic (exact) mass is 416 g/mol. The van der Waals surface area contributed by atoms with Crippen LogP contribution in [0.5, 0.6) is 0 Å². The van der Waals surface area contributed by atoms with Gasteiger partial charge in [0.15, 0.2) is 0 Å². The van der Waals surface area contributed by atoms with Gasteiger partial charge in [0.2, 0.25) is 0 Å². The number of halogens is 1. The fourth-order valence-corrected chi connectivity index (χ4v) is 3.92. The molecule has 0 radical (unpaired) electrons. The highest BCUT2D eigenvalue weighted by Crippen LogP contribution is 2.25. The first-order chi connectivity index (χ1) is 13.8. The largest absolute Gasteiger partial charge is 0.335 e. The molecule has 1 saturated heterocycles. The van der Waals surface area contributed by atoms with Crippen molar-refractivity contribution < 1.29 is 14.0 Å². The van der Waals surface area contributed by atoms with Crippen LogP contribution in [0, 0.1) is 12.7 Å². The Morgan fingerprint density at radius 3 is 2.24 bits per heavy atom. The van der Waals surface area contributed by atoms with Gasteiger partial charge in [-0.25, -0.2) is 14.4 Å². The van der Waals surface area contributed by atoms with Crippen molar-refractivity contribution in [1.29, 1.82) is 0 Å². The lowest BCUT2D eigenvalue weighted by atomic mass is 10.1. The molecule has 0 unspecified atom stereocenters. The number of thioether (sulfide) groups is 1. The first-order valence-electron chi connectivity index (χ1n) is 9.58. The Balaban J connectivity index is 1.73. The zero-order chi connectivity index (χ0) is 21.1. The number of aryl methyl sites for hydroxylation is 1. The molecule has 1 aliphatic rings. The molecule has 3 rings (SSSR count). The molecule has 1 aromatic heterocycles. The standard InChI is InChI=1S/C21H25FN4O2S/c1-13(2)18-23-14(3)17(19(24-18)29-4)21(28)26-10-8-25(9-11-26)20(27)15-6-5-7-16(22)12-15/h5-7,12-13H,8-11H2,1-4H3. The van der Waals surface area contributed by atoms with E-state index in [0.29, 0.717) is 48.0 Å². The second kappa shape index (κ2) is 8.90. The molecule has 2 amide bonds. The second-order valence-corrected chi connectivity index (χ2v) is 8.10. The van der Waals surface area contributed by atoms with Gasteiger partial charge in [-0.15, -0.1) is 11.8 Å². The number of hydrogen-bond acceptors (Lipinski definition) is 5. The van der Waals surface area contributed by atoms with E-state index < -0.39 is 5.82 Å². The van der Waals surface area contributed by atoms with Gasteiger partial charge in [0.25, 0.3) is 11.8 Å². The minimum Gasteiger partial charge on any atom is -0.335 e. The summed E-state index contributed by atoms with van der Waals surface area (Å²) in [5, 5.41) is 0.685. The Morgan fingerprint density at radius 2 is 1.69 bits per heavy atom. The number of aromatic nitrogens is 2. The third kappa shape index (κ3) is 4.58. The summed E-state index contributed by atoms with van der Waals surface area (Å²) in [5.41, 5.74) is 1.53. The van der Waals surface area contributed by atoms with Crippen molar-refractivity contribution in [1.82, 2.24) is 19.8 Å². The quantitative estimate of drug-likeness (QED) is 0.565. The topological polar surface area (TPSA) is 66.4 Å². The van der Waals surface area contributed by atoms with Crippen LogP contribution >= 0.6 is 11.8 Å². The highest BCUT2D eigenvalue weighted by molar-refractivity contribution is 7.98. The predicted octanol–water partition coefficient (Wildman–Crippen LogP) is 3.37. The fourth-order valence-electron chi connectivity index (χ4n) is 3.29. The molecule has 2 aromatic rings. The number of piperazine rings is 1. The van der Waals surface area contributed by atoms with Crippen LogP contribution in [0.2, 0.25) is 0 Å². The van der Waals surface area contributed by atoms with Crippen LogP contribution in [0.3, 0.4) is 0 Å². The Morgan fingerprint density at radius 1 is 1.07 bits per heavy atom. The third-order valence-electron chi connectivity index (χ3n) is 4.92. The van der Waals surface area contributed by atoms with Gasteiger partial charge in [-0.3, -0.25) is 9.59 Å². The van der Waals surface area contributed by atoms with E-state index in [2.05, 4.69) is 9.97 Å². The second-order valence-electron chi connectivity index (χ2n) is 7.30. The predicted molar refractivity (Wildman–Crippen MR) is 111 cm³/mol. The molecule has 0 spiro atoms. The number of carbonyl (C=O) groups excluding carboxylic acids is 2. The van der Waals surface area contributed by atoms with E-state index in [1.165, 1.54) is 30.0 Å². The van der Waals surface area contributed by atoms with E-state index in [-0.39, 0.29) is 17.7 Å². The van der Waals surface area contributed by atoms with Crippen molar-refractivity contribution in [2.24, 2.45) is 0 Å². The van der Waals surface area contributed by atoms with Crippen molar-refractivity contribution in [3.05, 3.63) is 52.7 Å². The molecule has 8 heteroatoms. The molecule has 29 heavy (non-hydrogen) atoms. The Kier molecular flexibility index (Phi) is 6.52. The fraction of sp³-hybridized carbons (Fsp3) is 0.429. The molecule has 2 heterocycles. The van der Waals surface area contributed by atoms with Crippen molar-refractivity contribution in [3.8, 4) is 0 Å². The summed E-state index contributed by atoms with van der Waals surface area (Å²) in [4.78, 5) is 38.2. The summed E-state index contributed by atoms with van der Waals surface area (Å²) in [6.07, 6.45) is 1.90.